The van der Waals surface area contributed by atoms with Gasteiger partial charge in [-0.15, -0.1) is 0 Å². The highest BCUT2D eigenvalue weighted by molar-refractivity contribution is 5.88. The topological polar surface area (TPSA) is 67.9 Å². The zero-order valence-corrected chi connectivity index (χ0v) is 21.8. The molecule has 2 amide bonds. The van der Waals surface area contributed by atoms with Crippen molar-refractivity contribution in [2.24, 2.45) is 0 Å². The van der Waals surface area contributed by atoms with Gasteiger partial charge in [0.1, 0.15) is 17.5 Å². The van der Waals surface area contributed by atoms with Crippen LogP contribution in [0.1, 0.15) is 36.1 Å². The molecule has 0 radical (unpaired) electrons. The largest absolute Gasteiger partial charge is 0.497 e. The number of nitrogens with zero attached hydrogens (tertiary/aromatic N) is 1. The molecule has 3 aromatic carbocycles. The number of aryl methyl sites for hydroxylation is 2. The standard InChI is InChI=1S/C30H36N2O4/c1-21(2)31-30(34)28(18-24-10-7-6-8-11-24)32(19-25-12-9-13-26(17-25)35-5)29(33)20-36-27-15-14-22(3)23(4)16-27/h6-17,21,28H,18-20H2,1-5H3,(H,31,34). The summed E-state index contributed by atoms with van der Waals surface area (Å²) in [6.07, 6.45) is 0.388. The van der Waals surface area contributed by atoms with Gasteiger partial charge in [0.05, 0.1) is 7.11 Å². The van der Waals surface area contributed by atoms with Gasteiger partial charge in [-0.05, 0) is 74.2 Å². The van der Waals surface area contributed by atoms with E-state index in [4.69, 9.17) is 9.47 Å². The molecule has 0 spiro atoms. The van der Waals surface area contributed by atoms with Gasteiger partial charge >= 0.3 is 0 Å². The van der Waals surface area contributed by atoms with Crippen molar-refractivity contribution >= 4 is 11.8 Å². The molecule has 6 heteroatoms. The number of carbonyl (C=O) groups is 2. The third kappa shape index (κ3) is 7.60. The van der Waals surface area contributed by atoms with Crippen LogP contribution in [-0.4, -0.2) is 42.5 Å². The molecule has 1 unspecified atom stereocenters. The summed E-state index contributed by atoms with van der Waals surface area (Å²) in [6.45, 7) is 7.93. The van der Waals surface area contributed by atoms with Crippen LogP contribution >= 0.6 is 0 Å². The molecule has 0 saturated heterocycles. The van der Waals surface area contributed by atoms with Crippen molar-refractivity contribution in [3.8, 4) is 11.5 Å². The smallest absolute Gasteiger partial charge is 0.261 e. The molecule has 0 bridgehead atoms. The van der Waals surface area contributed by atoms with E-state index >= 15 is 0 Å². The second-order valence-corrected chi connectivity index (χ2v) is 9.28. The van der Waals surface area contributed by atoms with Gasteiger partial charge in [-0.3, -0.25) is 9.59 Å². The first-order valence-corrected chi connectivity index (χ1v) is 12.2. The van der Waals surface area contributed by atoms with Crippen LogP contribution in [-0.2, 0) is 22.6 Å². The number of benzene rings is 3. The van der Waals surface area contributed by atoms with Crippen LogP contribution in [0.15, 0.2) is 72.8 Å². The number of hydrogen-bond acceptors (Lipinski definition) is 4. The van der Waals surface area contributed by atoms with Crippen LogP contribution in [0.4, 0.5) is 0 Å². The van der Waals surface area contributed by atoms with Crippen molar-refractivity contribution in [1.82, 2.24) is 10.2 Å². The molecule has 0 aromatic heterocycles. The Morgan fingerprint density at radius 3 is 2.25 bits per heavy atom. The Kier molecular flexibility index (Phi) is 9.51. The maximum absolute atomic E-state index is 13.6. The molecule has 0 aliphatic carbocycles. The second kappa shape index (κ2) is 12.8. The van der Waals surface area contributed by atoms with Gasteiger partial charge < -0.3 is 19.7 Å². The molecule has 36 heavy (non-hydrogen) atoms. The molecule has 3 aromatic rings. The quantitative estimate of drug-likeness (QED) is 0.419. The molecule has 3 rings (SSSR count). The minimum Gasteiger partial charge on any atom is -0.497 e. The van der Waals surface area contributed by atoms with Gasteiger partial charge in [-0.25, -0.2) is 0 Å². The van der Waals surface area contributed by atoms with Crippen LogP contribution in [0, 0.1) is 13.8 Å². The van der Waals surface area contributed by atoms with E-state index in [0.29, 0.717) is 17.9 Å². The van der Waals surface area contributed by atoms with E-state index in [2.05, 4.69) is 5.32 Å². The normalized spacial score (nSPS) is 11.6. The molecule has 190 valence electrons. The molecular weight excluding hydrogens is 452 g/mol. The number of nitrogens with one attached hydrogen (secondary N) is 1. The van der Waals surface area contributed by atoms with Gasteiger partial charge in [-0.1, -0.05) is 48.5 Å². The number of hydrogen-bond donors (Lipinski definition) is 1. The lowest BCUT2D eigenvalue weighted by Crippen LogP contribution is -2.52. The van der Waals surface area contributed by atoms with E-state index in [1.165, 1.54) is 0 Å². The van der Waals surface area contributed by atoms with Crippen LogP contribution in [0.5, 0.6) is 11.5 Å². The van der Waals surface area contributed by atoms with Crippen molar-refractivity contribution < 1.29 is 19.1 Å². The predicted molar refractivity (Wildman–Crippen MR) is 142 cm³/mol. The third-order valence-corrected chi connectivity index (χ3v) is 6.03. The summed E-state index contributed by atoms with van der Waals surface area (Å²) in [5, 5.41) is 3.00. The van der Waals surface area contributed by atoms with Crippen molar-refractivity contribution in [3.05, 3.63) is 95.1 Å². The lowest BCUT2D eigenvalue weighted by molar-refractivity contribution is -0.143. The first-order chi connectivity index (χ1) is 17.3. The maximum atomic E-state index is 13.6. The lowest BCUT2D eigenvalue weighted by atomic mass is 10.0. The minimum atomic E-state index is -0.711. The Labute approximate surface area is 214 Å². The summed E-state index contributed by atoms with van der Waals surface area (Å²) >= 11 is 0. The summed E-state index contributed by atoms with van der Waals surface area (Å²) in [5.74, 6) is 0.851. The zero-order valence-electron chi connectivity index (χ0n) is 21.8. The number of rotatable bonds is 11. The number of amides is 2. The summed E-state index contributed by atoms with van der Waals surface area (Å²) in [5.41, 5.74) is 4.08. The van der Waals surface area contributed by atoms with E-state index in [0.717, 1.165) is 22.3 Å². The number of methoxy groups -OCH3 is 1. The highest BCUT2D eigenvalue weighted by Crippen LogP contribution is 2.20. The number of carbonyl (C=O) groups excluding carboxylic acids is 2. The van der Waals surface area contributed by atoms with Crippen LogP contribution in [0.25, 0.3) is 0 Å². The van der Waals surface area contributed by atoms with Gasteiger partial charge in [-0.2, -0.15) is 0 Å². The van der Waals surface area contributed by atoms with Crippen molar-refractivity contribution in [2.75, 3.05) is 13.7 Å². The van der Waals surface area contributed by atoms with E-state index in [1.54, 1.807) is 12.0 Å². The third-order valence-electron chi connectivity index (χ3n) is 6.03. The monoisotopic (exact) mass is 488 g/mol. The molecule has 6 nitrogen and oxygen atoms in total. The van der Waals surface area contributed by atoms with Crippen molar-refractivity contribution in [1.29, 1.82) is 0 Å². The molecule has 0 aliphatic rings. The van der Waals surface area contributed by atoms with Crippen LogP contribution < -0.4 is 14.8 Å². The first kappa shape index (κ1) is 26.8. The molecule has 0 aliphatic heterocycles. The second-order valence-electron chi connectivity index (χ2n) is 9.28. The molecular formula is C30H36N2O4. The Bertz CT molecular complexity index is 1160. The van der Waals surface area contributed by atoms with E-state index in [9.17, 15) is 9.59 Å². The Hall–Kier alpha value is -3.80. The number of ether oxygens (including phenoxy) is 2. The van der Waals surface area contributed by atoms with Gasteiger partial charge in [0.15, 0.2) is 6.61 Å². The summed E-state index contributed by atoms with van der Waals surface area (Å²) < 4.78 is 11.3. The summed E-state index contributed by atoms with van der Waals surface area (Å²) in [7, 11) is 1.60. The SMILES string of the molecule is COc1cccc(CN(C(=O)COc2ccc(C)c(C)c2)C(Cc2ccccc2)C(=O)NC(C)C)c1. The highest BCUT2D eigenvalue weighted by atomic mass is 16.5. The van der Waals surface area contributed by atoms with Crippen LogP contribution in [0.2, 0.25) is 0 Å². The van der Waals surface area contributed by atoms with E-state index in [-0.39, 0.29) is 31.0 Å². The van der Waals surface area contributed by atoms with Crippen LogP contribution in [0.3, 0.4) is 0 Å². The molecule has 0 fully saturated rings. The average Bonchev–Trinajstić information content (AvgIpc) is 2.87. The highest BCUT2D eigenvalue weighted by Gasteiger charge is 2.31. The molecule has 0 saturated carbocycles. The maximum Gasteiger partial charge on any atom is 0.261 e. The van der Waals surface area contributed by atoms with Crippen molar-refractivity contribution in [2.45, 2.75) is 52.7 Å². The average molecular weight is 489 g/mol. The zero-order chi connectivity index (χ0) is 26.1. The fraction of sp³-hybridized carbons (Fsp3) is 0.333. The summed E-state index contributed by atoms with van der Waals surface area (Å²) in [4.78, 5) is 28.7. The van der Waals surface area contributed by atoms with Gasteiger partial charge in [0, 0.05) is 19.0 Å². The van der Waals surface area contributed by atoms with Gasteiger partial charge in [0.2, 0.25) is 5.91 Å². The fourth-order valence-electron chi connectivity index (χ4n) is 3.93. The van der Waals surface area contributed by atoms with Crippen molar-refractivity contribution in [3.63, 3.8) is 0 Å². The Balaban J connectivity index is 1.92. The Morgan fingerprint density at radius 2 is 1.58 bits per heavy atom. The predicted octanol–water partition coefficient (Wildman–Crippen LogP) is 4.86. The van der Waals surface area contributed by atoms with Gasteiger partial charge in [0.25, 0.3) is 5.91 Å². The van der Waals surface area contributed by atoms with E-state index in [1.807, 2.05) is 100 Å². The van der Waals surface area contributed by atoms with E-state index < -0.39 is 6.04 Å². The minimum absolute atomic E-state index is 0.0590. The lowest BCUT2D eigenvalue weighted by Gasteiger charge is -2.32. The fourth-order valence-corrected chi connectivity index (χ4v) is 3.93. The molecule has 1 N–H and O–H groups in total. The molecule has 0 heterocycles. The first-order valence-electron chi connectivity index (χ1n) is 12.2. The molecule has 1 atom stereocenters. The Morgan fingerprint density at radius 1 is 0.861 bits per heavy atom. The summed E-state index contributed by atoms with van der Waals surface area (Å²) in [6, 6.07) is 22.2.